The van der Waals surface area contributed by atoms with Crippen molar-refractivity contribution >= 4 is 5.91 Å². The maximum absolute atomic E-state index is 11.9. The predicted octanol–water partition coefficient (Wildman–Crippen LogP) is 0.536. The van der Waals surface area contributed by atoms with Gasteiger partial charge >= 0.3 is 0 Å². The van der Waals surface area contributed by atoms with Crippen LogP contribution in [0.1, 0.15) is 21.6 Å². The molecular weight excluding hydrogens is 230 g/mol. The third-order valence-corrected chi connectivity index (χ3v) is 2.63. The lowest BCUT2D eigenvalue weighted by Gasteiger charge is -2.16. The van der Waals surface area contributed by atoms with Crippen LogP contribution in [0.15, 0.2) is 30.5 Å². The van der Waals surface area contributed by atoms with Gasteiger partial charge in [-0.25, -0.2) is 0 Å². The molecule has 3 N–H and O–H groups in total. The minimum atomic E-state index is -0.165. The summed E-state index contributed by atoms with van der Waals surface area (Å²) in [5, 5.41) is 9.81. The van der Waals surface area contributed by atoms with Crippen LogP contribution in [0.25, 0.3) is 0 Å². The molecule has 1 amide bonds. The zero-order chi connectivity index (χ0) is 13.0. The Kier molecular flexibility index (Phi) is 3.69. The zero-order valence-corrected chi connectivity index (χ0v) is 10.1. The number of rotatable bonds is 4. The van der Waals surface area contributed by atoms with E-state index in [0.717, 1.165) is 11.1 Å². The molecule has 0 aliphatic heterocycles. The van der Waals surface area contributed by atoms with Crippen molar-refractivity contribution in [2.45, 2.75) is 13.1 Å². The third kappa shape index (κ3) is 2.72. The number of nitrogens with one attached hydrogen (secondary N) is 1. The summed E-state index contributed by atoms with van der Waals surface area (Å²) >= 11 is 0. The normalized spacial score (nSPS) is 10.3. The van der Waals surface area contributed by atoms with Gasteiger partial charge in [-0.1, -0.05) is 24.3 Å². The summed E-state index contributed by atoms with van der Waals surface area (Å²) in [6.07, 6.45) is 1.41. The first-order valence-electron chi connectivity index (χ1n) is 5.60. The van der Waals surface area contributed by atoms with Gasteiger partial charge in [0.05, 0.1) is 6.20 Å². The lowest BCUT2D eigenvalue weighted by molar-refractivity contribution is 0.0779. The molecule has 1 aromatic carbocycles. The van der Waals surface area contributed by atoms with E-state index < -0.39 is 0 Å². The molecule has 0 bridgehead atoms. The van der Waals surface area contributed by atoms with E-state index in [1.165, 1.54) is 6.20 Å². The van der Waals surface area contributed by atoms with Crippen molar-refractivity contribution in [2.75, 3.05) is 7.05 Å². The second-order valence-corrected chi connectivity index (χ2v) is 4.04. The Hall–Kier alpha value is -2.21. The van der Waals surface area contributed by atoms with Gasteiger partial charge in [-0.05, 0) is 11.1 Å². The Bertz CT molecular complexity index is 523. The monoisotopic (exact) mass is 245 g/mol. The summed E-state index contributed by atoms with van der Waals surface area (Å²) < 4.78 is 0. The predicted molar refractivity (Wildman–Crippen MR) is 66.5 cm³/mol. The highest BCUT2D eigenvalue weighted by atomic mass is 16.2. The first-order valence-corrected chi connectivity index (χ1v) is 5.60. The summed E-state index contributed by atoms with van der Waals surface area (Å²) in [6, 6.07) is 7.85. The van der Waals surface area contributed by atoms with Gasteiger partial charge in [0.2, 0.25) is 0 Å². The molecule has 0 atom stereocenters. The van der Waals surface area contributed by atoms with Gasteiger partial charge in [-0.2, -0.15) is 15.4 Å². The van der Waals surface area contributed by atoms with Crippen LogP contribution in [0.4, 0.5) is 0 Å². The highest BCUT2D eigenvalue weighted by Crippen LogP contribution is 2.08. The maximum atomic E-state index is 11.9. The average Bonchev–Trinajstić information content (AvgIpc) is 2.92. The molecule has 0 radical (unpaired) electrons. The molecule has 0 saturated carbocycles. The summed E-state index contributed by atoms with van der Waals surface area (Å²) in [7, 11) is 1.73. The summed E-state index contributed by atoms with van der Waals surface area (Å²) in [6.45, 7) is 1.01. The second-order valence-electron chi connectivity index (χ2n) is 4.04. The first-order chi connectivity index (χ1) is 8.70. The molecule has 18 heavy (non-hydrogen) atoms. The molecule has 2 rings (SSSR count). The number of amides is 1. The summed E-state index contributed by atoms with van der Waals surface area (Å²) in [5.41, 5.74) is 7.99. The maximum Gasteiger partial charge on any atom is 0.276 e. The molecule has 1 aromatic heterocycles. The number of hydrogen-bond donors (Lipinski definition) is 2. The molecule has 2 aromatic rings. The lowest BCUT2D eigenvalue weighted by atomic mass is 10.1. The van der Waals surface area contributed by atoms with E-state index in [9.17, 15) is 4.79 Å². The molecule has 0 aliphatic carbocycles. The molecule has 0 fully saturated rings. The SMILES string of the molecule is CN(Cc1cccc(CN)c1)C(=O)c1cn[nH]n1. The van der Waals surface area contributed by atoms with Crippen LogP contribution in [0.3, 0.4) is 0 Å². The smallest absolute Gasteiger partial charge is 0.276 e. The van der Waals surface area contributed by atoms with Crippen molar-refractivity contribution in [1.82, 2.24) is 20.3 Å². The highest BCUT2D eigenvalue weighted by Gasteiger charge is 2.14. The molecule has 0 aliphatic rings. The van der Waals surface area contributed by atoms with Gasteiger partial charge < -0.3 is 10.6 Å². The van der Waals surface area contributed by atoms with Crippen molar-refractivity contribution in [3.63, 3.8) is 0 Å². The molecular formula is C12H15N5O. The Morgan fingerprint density at radius 3 is 2.89 bits per heavy atom. The van der Waals surface area contributed by atoms with Crippen LogP contribution in [0.2, 0.25) is 0 Å². The average molecular weight is 245 g/mol. The number of hydrogen-bond acceptors (Lipinski definition) is 4. The minimum absolute atomic E-state index is 0.165. The number of nitrogens with two attached hydrogens (primary N) is 1. The van der Waals surface area contributed by atoms with Crippen LogP contribution in [-0.2, 0) is 13.1 Å². The standard InChI is InChI=1S/C12H15N5O/c1-17(12(18)11-7-14-16-15-11)8-10-4-2-3-9(5-10)6-13/h2-5,7H,6,8,13H2,1H3,(H,14,15,16). The molecule has 94 valence electrons. The van der Waals surface area contributed by atoms with Crippen molar-refractivity contribution < 1.29 is 4.79 Å². The van der Waals surface area contributed by atoms with Gasteiger partial charge in [-0.15, -0.1) is 0 Å². The van der Waals surface area contributed by atoms with Gasteiger partial charge in [0.1, 0.15) is 0 Å². The van der Waals surface area contributed by atoms with Gasteiger partial charge in [0.15, 0.2) is 5.69 Å². The van der Waals surface area contributed by atoms with Crippen molar-refractivity contribution in [1.29, 1.82) is 0 Å². The number of carbonyl (C=O) groups is 1. The fourth-order valence-electron chi connectivity index (χ4n) is 1.70. The van der Waals surface area contributed by atoms with Crippen LogP contribution in [0, 0.1) is 0 Å². The van der Waals surface area contributed by atoms with Crippen LogP contribution in [0.5, 0.6) is 0 Å². The number of aromatic nitrogens is 3. The Morgan fingerprint density at radius 1 is 1.44 bits per heavy atom. The quantitative estimate of drug-likeness (QED) is 0.822. The largest absolute Gasteiger partial charge is 0.336 e. The summed E-state index contributed by atoms with van der Waals surface area (Å²) in [5.74, 6) is -0.165. The topological polar surface area (TPSA) is 87.9 Å². The minimum Gasteiger partial charge on any atom is -0.336 e. The Morgan fingerprint density at radius 2 is 2.22 bits per heavy atom. The van der Waals surface area contributed by atoms with Crippen molar-refractivity contribution in [3.05, 3.63) is 47.3 Å². The molecule has 0 saturated heterocycles. The Labute approximate surface area is 105 Å². The molecule has 0 spiro atoms. The molecule has 1 heterocycles. The van der Waals surface area contributed by atoms with Crippen molar-refractivity contribution in [2.24, 2.45) is 5.73 Å². The van der Waals surface area contributed by atoms with E-state index in [1.807, 2.05) is 24.3 Å². The van der Waals surface area contributed by atoms with E-state index in [1.54, 1.807) is 11.9 Å². The third-order valence-electron chi connectivity index (χ3n) is 2.63. The van der Waals surface area contributed by atoms with Gasteiger partial charge in [-0.3, -0.25) is 4.79 Å². The number of carbonyl (C=O) groups excluding carboxylic acids is 1. The van der Waals surface area contributed by atoms with Crippen LogP contribution in [-0.4, -0.2) is 33.3 Å². The van der Waals surface area contributed by atoms with Crippen LogP contribution < -0.4 is 5.73 Å². The van der Waals surface area contributed by atoms with Gasteiger partial charge in [0, 0.05) is 20.1 Å². The highest BCUT2D eigenvalue weighted by molar-refractivity contribution is 5.91. The van der Waals surface area contributed by atoms with Crippen molar-refractivity contribution in [3.8, 4) is 0 Å². The van der Waals surface area contributed by atoms with E-state index in [4.69, 9.17) is 5.73 Å². The second kappa shape index (κ2) is 5.42. The fraction of sp³-hybridized carbons (Fsp3) is 0.250. The first kappa shape index (κ1) is 12.3. The number of nitrogens with zero attached hydrogens (tertiary/aromatic N) is 3. The fourth-order valence-corrected chi connectivity index (χ4v) is 1.70. The molecule has 6 heteroatoms. The Balaban J connectivity index is 2.06. The lowest BCUT2D eigenvalue weighted by Crippen LogP contribution is -2.26. The molecule has 6 nitrogen and oxygen atoms in total. The van der Waals surface area contributed by atoms with E-state index in [-0.39, 0.29) is 5.91 Å². The van der Waals surface area contributed by atoms with Gasteiger partial charge in [0.25, 0.3) is 5.91 Å². The van der Waals surface area contributed by atoms with E-state index >= 15 is 0 Å². The van der Waals surface area contributed by atoms with Crippen LogP contribution >= 0.6 is 0 Å². The number of H-pyrrole nitrogens is 1. The summed E-state index contributed by atoms with van der Waals surface area (Å²) in [4.78, 5) is 13.5. The molecule has 0 unspecified atom stereocenters. The zero-order valence-electron chi connectivity index (χ0n) is 10.1. The van der Waals surface area contributed by atoms with E-state index in [2.05, 4.69) is 15.4 Å². The number of benzene rings is 1. The number of aromatic amines is 1. The van der Waals surface area contributed by atoms with E-state index in [0.29, 0.717) is 18.8 Å².